The summed E-state index contributed by atoms with van der Waals surface area (Å²) in [5, 5.41) is 6.01. The fourth-order valence-corrected chi connectivity index (χ4v) is 3.10. The van der Waals surface area contributed by atoms with Crippen molar-refractivity contribution < 1.29 is 18.7 Å². The summed E-state index contributed by atoms with van der Waals surface area (Å²) >= 11 is 0. The van der Waals surface area contributed by atoms with Gasteiger partial charge in [-0.15, -0.1) is 0 Å². The molecule has 1 aromatic heterocycles. The van der Waals surface area contributed by atoms with Crippen molar-refractivity contribution in [2.75, 3.05) is 7.11 Å². The first-order valence-corrected chi connectivity index (χ1v) is 9.25. The molecule has 0 fully saturated rings. The number of fused-ring (bicyclic) bond motifs is 1. The summed E-state index contributed by atoms with van der Waals surface area (Å²) in [4.78, 5) is 24.3. The van der Waals surface area contributed by atoms with E-state index in [9.17, 15) is 9.59 Å². The number of esters is 1. The topological polar surface area (TPSA) is 80.9 Å². The highest BCUT2D eigenvalue weighted by Gasteiger charge is 2.15. The molecule has 0 aliphatic heterocycles. The molecule has 0 saturated heterocycles. The third-order valence-corrected chi connectivity index (χ3v) is 4.59. The number of nitrogens with zero attached hydrogens (tertiary/aromatic N) is 1. The third-order valence-electron chi connectivity index (χ3n) is 4.59. The lowest BCUT2D eigenvalue weighted by molar-refractivity contribution is 0.0601. The van der Waals surface area contributed by atoms with Crippen LogP contribution in [0.2, 0.25) is 0 Å². The molecular weight excluding hydrogens is 380 g/mol. The van der Waals surface area contributed by atoms with E-state index >= 15 is 0 Å². The van der Waals surface area contributed by atoms with Crippen LogP contribution in [-0.4, -0.2) is 25.2 Å². The summed E-state index contributed by atoms with van der Waals surface area (Å²) < 4.78 is 10.6. The number of amides is 1. The summed E-state index contributed by atoms with van der Waals surface area (Å²) in [5.41, 5.74) is 4.03. The highest BCUT2D eigenvalue weighted by Crippen LogP contribution is 2.26. The Hall–Kier alpha value is -4.19. The second-order valence-electron chi connectivity index (χ2n) is 6.50. The van der Waals surface area contributed by atoms with E-state index in [0.717, 1.165) is 10.8 Å². The number of benzene rings is 3. The predicted octanol–water partition coefficient (Wildman–Crippen LogP) is 4.65. The summed E-state index contributed by atoms with van der Waals surface area (Å²) in [5.74, 6) is 0.168. The highest BCUT2D eigenvalue weighted by molar-refractivity contribution is 5.99. The van der Waals surface area contributed by atoms with Gasteiger partial charge >= 0.3 is 5.97 Å². The zero-order chi connectivity index (χ0) is 20.9. The van der Waals surface area contributed by atoms with Crippen LogP contribution in [0.15, 0.2) is 88.4 Å². The van der Waals surface area contributed by atoms with Crippen LogP contribution in [0, 0.1) is 0 Å². The number of carbonyl (C=O) groups is 2. The molecule has 148 valence electrons. The Kier molecular flexibility index (Phi) is 5.39. The van der Waals surface area contributed by atoms with E-state index in [0.29, 0.717) is 28.2 Å². The summed E-state index contributed by atoms with van der Waals surface area (Å²) in [6.45, 7) is 0. The van der Waals surface area contributed by atoms with Gasteiger partial charge in [0.1, 0.15) is 11.5 Å². The summed E-state index contributed by atoms with van der Waals surface area (Å²) in [7, 11) is 1.33. The molecule has 0 radical (unpaired) electrons. The molecule has 6 nitrogen and oxygen atoms in total. The molecule has 0 aliphatic carbocycles. The number of methoxy groups -OCH3 is 1. The Balaban J connectivity index is 1.47. The molecule has 1 N–H and O–H groups in total. The van der Waals surface area contributed by atoms with Crippen LogP contribution in [0.25, 0.3) is 22.1 Å². The first kappa shape index (κ1) is 19.1. The van der Waals surface area contributed by atoms with Gasteiger partial charge in [-0.2, -0.15) is 5.10 Å². The minimum Gasteiger partial charge on any atom is -0.465 e. The molecule has 1 amide bonds. The summed E-state index contributed by atoms with van der Waals surface area (Å²) in [6, 6.07) is 23.7. The Morgan fingerprint density at radius 3 is 2.53 bits per heavy atom. The van der Waals surface area contributed by atoms with Crippen LogP contribution in [0.5, 0.6) is 0 Å². The van der Waals surface area contributed by atoms with Crippen molar-refractivity contribution in [1.29, 1.82) is 0 Å². The fraction of sp³-hybridized carbons (Fsp3) is 0.0417. The number of hydrazone groups is 1. The van der Waals surface area contributed by atoms with Gasteiger partial charge in [0.2, 0.25) is 0 Å². The van der Waals surface area contributed by atoms with E-state index in [-0.39, 0.29) is 5.91 Å². The lowest BCUT2D eigenvalue weighted by Gasteiger charge is -2.04. The van der Waals surface area contributed by atoms with Crippen molar-refractivity contribution in [2.45, 2.75) is 0 Å². The maximum Gasteiger partial charge on any atom is 0.338 e. The molecule has 3 aromatic carbocycles. The molecule has 0 saturated carbocycles. The number of ether oxygens (including phenoxy) is 1. The second kappa shape index (κ2) is 8.45. The monoisotopic (exact) mass is 398 g/mol. The fourth-order valence-electron chi connectivity index (χ4n) is 3.10. The van der Waals surface area contributed by atoms with Crippen molar-refractivity contribution in [3.05, 3.63) is 95.7 Å². The second-order valence-corrected chi connectivity index (χ2v) is 6.50. The van der Waals surface area contributed by atoms with Crippen molar-refractivity contribution in [2.24, 2.45) is 5.10 Å². The number of furan rings is 1. The molecule has 6 heteroatoms. The molecule has 0 spiro atoms. The van der Waals surface area contributed by atoms with Crippen molar-refractivity contribution in [1.82, 2.24) is 5.43 Å². The van der Waals surface area contributed by atoms with Gasteiger partial charge in [0.25, 0.3) is 5.91 Å². The standard InChI is InChI=1S/C24H18N2O4/c1-29-24(28)21-9-5-4-8-20(21)22-13-12-19(30-22)15-25-26-23(27)18-11-10-16-6-2-3-7-17(16)14-18/h2-15H,1H3,(H,26,27)/b25-15-. The molecular formula is C24H18N2O4. The van der Waals surface area contributed by atoms with Gasteiger partial charge in [-0.3, -0.25) is 4.79 Å². The van der Waals surface area contributed by atoms with Crippen molar-refractivity contribution in [3.8, 4) is 11.3 Å². The van der Waals surface area contributed by atoms with Crippen LogP contribution < -0.4 is 5.43 Å². The molecule has 4 rings (SSSR count). The van der Waals surface area contributed by atoms with Gasteiger partial charge in [0.15, 0.2) is 0 Å². The number of carbonyl (C=O) groups excluding carboxylic acids is 2. The average Bonchev–Trinajstić information content (AvgIpc) is 3.27. The molecule has 1 heterocycles. The lowest BCUT2D eigenvalue weighted by atomic mass is 10.1. The highest BCUT2D eigenvalue weighted by atomic mass is 16.5. The molecule has 30 heavy (non-hydrogen) atoms. The number of nitrogens with one attached hydrogen (secondary N) is 1. The quantitative estimate of drug-likeness (QED) is 0.301. The Morgan fingerprint density at radius 2 is 1.70 bits per heavy atom. The van der Waals surface area contributed by atoms with Gasteiger partial charge in [0, 0.05) is 11.1 Å². The average molecular weight is 398 g/mol. The van der Waals surface area contributed by atoms with Crippen molar-refractivity contribution >= 4 is 28.9 Å². The van der Waals surface area contributed by atoms with Crippen LogP contribution in [-0.2, 0) is 4.74 Å². The van der Waals surface area contributed by atoms with Crippen molar-refractivity contribution in [3.63, 3.8) is 0 Å². The number of hydrogen-bond donors (Lipinski definition) is 1. The minimum atomic E-state index is -0.445. The van der Waals surface area contributed by atoms with E-state index in [1.807, 2.05) is 42.5 Å². The van der Waals surface area contributed by atoms with E-state index in [2.05, 4.69) is 10.5 Å². The zero-order valence-electron chi connectivity index (χ0n) is 16.2. The van der Waals surface area contributed by atoms with Crippen LogP contribution in [0.1, 0.15) is 26.5 Å². The Bertz CT molecular complexity index is 1260. The van der Waals surface area contributed by atoms with Gasteiger partial charge in [-0.05, 0) is 41.1 Å². The Morgan fingerprint density at radius 1 is 0.933 bits per heavy atom. The molecule has 4 aromatic rings. The minimum absolute atomic E-state index is 0.320. The van der Waals surface area contributed by atoms with Crippen LogP contribution in [0.3, 0.4) is 0 Å². The first-order chi connectivity index (χ1) is 14.7. The van der Waals surface area contributed by atoms with Gasteiger partial charge in [-0.1, -0.05) is 48.5 Å². The predicted molar refractivity (Wildman–Crippen MR) is 114 cm³/mol. The maximum absolute atomic E-state index is 12.4. The van der Waals surface area contributed by atoms with E-state index < -0.39 is 5.97 Å². The number of hydrogen-bond acceptors (Lipinski definition) is 5. The lowest BCUT2D eigenvalue weighted by Crippen LogP contribution is -2.17. The summed E-state index contributed by atoms with van der Waals surface area (Å²) in [6.07, 6.45) is 1.41. The van der Waals surface area contributed by atoms with Gasteiger partial charge in [0.05, 0.1) is 18.9 Å². The van der Waals surface area contributed by atoms with Crippen LogP contribution >= 0.6 is 0 Å². The van der Waals surface area contributed by atoms with E-state index in [1.165, 1.54) is 13.3 Å². The third kappa shape index (κ3) is 3.98. The Labute approximate surface area is 172 Å². The largest absolute Gasteiger partial charge is 0.465 e. The smallest absolute Gasteiger partial charge is 0.338 e. The van der Waals surface area contributed by atoms with Gasteiger partial charge < -0.3 is 9.15 Å². The normalized spacial score (nSPS) is 11.0. The SMILES string of the molecule is COC(=O)c1ccccc1-c1ccc(/C=N\NC(=O)c2ccc3ccccc3c2)o1. The molecule has 0 bridgehead atoms. The number of rotatable bonds is 5. The molecule has 0 atom stereocenters. The zero-order valence-corrected chi connectivity index (χ0v) is 16.2. The van der Waals surface area contributed by atoms with Gasteiger partial charge in [-0.25, -0.2) is 10.2 Å². The van der Waals surface area contributed by atoms with Crippen LogP contribution in [0.4, 0.5) is 0 Å². The molecule has 0 aliphatic rings. The van der Waals surface area contributed by atoms with E-state index in [4.69, 9.17) is 9.15 Å². The first-order valence-electron chi connectivity index (χ1n) is 9.25. The molecule has 0 unspecified atom stereocenters. The maximum atomic E-state index is 12.4. The van der Waals surface area contributed by atoms with E-state index in [1.54, 1.807) is 36.4 Å².